The van der Waals surface area contributed by atoms with Gasteiger partial charge in [-0.1, -0.05) is 30.3 Å². The fraction of sp³-hybridized carbons (Fsp3) is 0.407. The first kappa shape index (κ1) is 23.8. The molecule has 3 aliphatic rings. The van der Waals surface area contributed by atoms with E-state index in [0.717, 1.165) is 54.9 Å². The molecule has 3 aliphatic heterocycles. The normalized spacial score (nSPS) is 21.1. The molecule has 0 amide bonds. The number of esters is 1. The van der Waals surface area contributed by atoms with Crippen molar-refractivity contribution in [2.45, 2.75) is 32.1 Å². The summed E-state index contributed by atoms with van der Waals surface area (Å²) in [6.45, 7) is 6.28. The second-order valence-corrected chi connectivity index (χ2v) is 9.49. The molecule has 0 bridgehead atoms. The highest BCUT2D eigenvalue weighted by molar-refractivity contribution is 6.02. The van der Waals surface area contributed by atoms with Crippen molar-refractivity contribution in [3.63, 3.8) is 0 Å². The first-order valence-corrected chi connectivity index (χ1v) is 12.6. The van der Waals surface area contributed by atoms with Gasteiger partial charge in [0.25, 0.3) is 5.56 Å². The zero-order chi connectivity index (χ0) is 25.6. The summed E-state index contributed by atoms with van der Waals surface area (Å²) in [6.07, 6.45) is 1.79. The summed E-state index contributed by atoms with van der Waals surface area (Å²) in [5, 5.41) is 16.3. The van der Waals surface area contributed by atoms with Gasteiger partial charge in [-0.2, -0.15) is 0 Å². The largest absolute Gasteiger partial charge is 0.458 e. The first-order chi connectivity index (χ1) is 18.0. The minimum atomic E-state index is -1.86. The number of aromatic nitrogens is 2. The lowest BCUT2D eigenvalue weighted by atomic mass is 9.86. The van der Waals surface area contributed by atoms with Crippen molar-refractivity contribution < 1.29 is 24.2 Å². The molecule has 192 valence electrons. The summed E-state index contributed by atoms with van der Waals surface area (Å²) in [7, 11) is 0. The molecule has 10 nitrogen and oxygen atoms in total. The third-order valence-corrected chi connectivity index (χ3v) is 7.50. The van der Waals surface area contributed by atoms with Gasteiger partial charge < -0.3 is 24.0 Å². The third kappa shape index (κ3) is 3.92. The quantitative estimate of drug-likeness (QED) is 0.183. The number of carbonyl (C=O) groups excluding carboxylic acids is 1. The number of benzene rings is 1. The van der Waals surface area contributed by atoms with Crippen molar-refractivity contribution in [1.29, 1.82) is 0 Å². The maximum Gasteiger partial charge on any atom is 0.343 e. The number of hydrogen-bond acceptors (Lipinski definition) is 9. The zero-order valence-electron chi connectivity index (χ0n) is 20.6. The van der Waals surface area contributed by atoms with E-state index in [4.69, 9.17) is 19.3 Å². The van der Waals surface area contributed by atoms with Crippen LogP contribution in [0.2, 0.25) is 0 Å². The Hall–Kier alpha value is -3.60. The number of morpholine rings is 1. The summed E-state index contributed by atoms with van der Waals surface area (Å²) in [4.78, 5) is 38.7. The Bertz CT molecular complexity index is 1480. The number of aliphatic hydroxyl groups is 1. The number of fused-ring (bicyclic) bond motifs is 5. The fourth-order valence-corrected chi connectivity index (χ4v) is 5.34. The van der Waals surface area contributed by atoms with Gasteiger partial charge >= 0.3 is 5.97 Å². The highest BCUT2D eigenvalue weighted by Crippen LogP contribution is 2.39. The predicted molar refractivity (Wildman–Crippen MR) is 135 cm³/mol. The molecule has 0 unspecified atom stereocenters. The standard InChI is InChI=1S/C27H28N4O6/c1-2-27(34)21-13-23-24-19(15-31(23)25(32)20(21)16-36-26(27)33)18(17-5-3-4-6-22(17)29-24)14-28-37-12-9-30-7-10-35-11-8-30/h3-6,13-14,34H,2,7-12,15-16H2,1H3/b28-14+/t27-/m0/s1. The Balaban J connectivity index is 1.38. The van der Waals surface area contributed by atoms with Crippen molar-refractivity contribution >= 4 is 23.1 Å². The van der Waals surface area contributed by atoms with Crippen LogP contribution in [0.5, 0.6) is 0 Å². The van der Waals surface area contributed by atoms with Crippen LogP contribution in [0.1, 0.15) is 35.6 Å². The maximum absolute atomic E-state index is 13.5. The summed E-state index contributed by atoms with van der Waals surface area (Å²) >= 11 is 0. The minimum Gasteiger partial charge on any atom is -0.458 e. The van der Waals surface area contributed by atoms with E-state index in [1.807, 2.05) is 24.3 Å². The lowest BCUT2D eigenvalue weighted by molar-refractivity contribution is -0.172. The highest BCUT2D eigenvalue weighted by atomic mass is 16.6. The van der Waals surface area contributed by atoms with Crippen LogP contribution in [0.15, 0.2) is 40.3 Å². The smallest absolute Gasteiger partial charge is 0.343 e. The summed E-state index contributed by atoms with van der Waals surface area (Å²) in [6, 6.07) is 9.43. The molecule has 37 heavy (non-hydrogen) atoms. The van der Waals surface area contributed by atoms with Crippen molar-refractivity contribution in [2.24, 2.45) is 5.16 Å². The van der Waals surface area contributed by atoms with E-state index in [-0.39, 0.29) is 18.6 Å². The van der Waals surface area contributed by atoms with Crippen LogP contribution in [0.4, 0.5) is 0 Å². The first-order valence-electron chi connectivity index (χ1n) is 12.6. The third-order valence-electron chi connectivity index (χ3n) is 7.50. The Morgan fingerprint density at radius 3 is 2.84 bits per heavy atom. The van der Waals surface area contributed by atoms with Gasteiger partial charge in [0.2, 0.25) is 0 Å². The van der Waals surface area contributed by atoms with E-state index in [0.29, 0.717) is 35.7 Å². The Morgan fingerprint density at radius 1 is 1.22 bits per heavy atom. The number of nitrogens with zero attached hydrogens (tertiary/aromatic N) is 4. The van der Waals surface area contributed by atoms with Gasteiger partial charge in [-0.25, -0.2) is 9.78 Å². The van der Waals surface area contributed by atoms with Gasteiger partial charge in [0.05, 0.1) is 48.4 Å². The van der Waals surface area contributed by atoms with Gasteiger partial charge in [0.15, 0.2) is 5.60 Å². The molecule has 0 radical (unpaired) electrons. The van der Waals surface area contributed by atoms with Gasteiger partial charge in [0, 0.05) is 41.7 Å². The van der Waals surface area contributed by atoms with Crippen molar-refractivity contribution in [1.82, 2.24) is 14.5 Å². The molecule has 1 atom stereocenters. The van der Waals surface area contributed by atoms with E-state index in [2.05, 4.69) is 10.1 Å². The summed E-state index contributed by atoms with van der Waals surface area (Å²) < 4.78 is 12.2. The van der Waals surface area contributed by atoms with Crippen molar-refractivity contribution in [2.75, 3.05) is 39.5 Å². The van der Waals surface area contributed by atoms with Gasteiger partial charge in [-0.3, -0.25) is 9.69 Å². The van der Waals surface area contributed by atoms with E-state index in [1.54, 1.807) is 23.8 Å². The van der Waals surface area contributed by atoms with Crippen LogP contribution in [0, 0.1) is 0 Å². The summed E-state index contributed by atoms with van der Waals surface area (Å²) in [5.41, 5.74) is 2.05. The number of rotatable bonds is 6. The Labute approximate surface area is 213 Å². The molecule has 1 aromatic carbocycles. The second kappa shape index (κ2) is 9.37. The van der Waals surface area contributed by atoms with Crippen molar-refractivity contribution in [3.8, 4) is 11.4 Å². The van der Waals surface area contributed by atoms with E-state index in [9.17, 15) is 14.7 Å². The molecule has 3 aromatic rings. The molecule has 2 aromatic heterocycles. The molecule has 0 saturated carbocycles. The van der Waals surface area contributed by atoms with E-state index >= 15 is 0 Å². The Morgan fingerprint density at radius 2 is 2.03 bits per heavy atom. The van der Waals surface area contributed by atoms with Gasteiger partial charge in [-0.15, -0.1) is 0 Å². The van der Waals surface area contributed by atoms with Gasteiger partial charge in [0.1, 0.15) is 13.2 Å². The van der Waals surface area contributed by atoms with E-state index < -0.39 is 11.6 Å². The van der Waals surface area contributed by atoms with Gasteiger partial charge in [-0.05, 0) is 18.6 Å². The van der Waals surface area contributed by atoms with E-state index in [1.165, 1.54) is 0 Å². The summed E-state index contributed by atoms with van der Waals surface area (Å²) in [5.74, 6) is -0.737. The van der Waals surface area contributed by atoms with Crippen LogP contribution in [0.25, 0.3) is 22.3 Å². The second-order valence-electron chi connectivity index (χ2n) is 9.49. The van der Waals surface area contributed by atoms with Crippen LogP contribution in [0.3, 0.4) is 0 Å². The number of carbonyl (C=O) groups is 1. The number of cyclic esters (lactones) is 1. The molecular formula is C27H28N4O6. The molecule has 10 heteroatoms. The zero-order valence-corrected chi connectivity index (χ0v) is 20.6. The molecule has 6 rings (SSSR count). The highest BCUT2D eigenvalue weighted by Gasteiger charge is 2.45. The lowest BCUT2D eigenvalue weighted by Crippen LogP contribution is -2.44. The van der Waals surface area contributed by atoms with Crippen molar-refractivity contribution in [3.05, 3.63) is 62.9 Å². The minimum absolute atomic E-state index is 0.0967. The van der Waals surface area contributed by atoms with Crippen LogP contribution in [-0.4, -0.2) is 71.2 Å². The number of hydrogen-bond donors (Lipinski definition) is 1. The number of ether oxygens (including phenoxy) is 2. The average Bonchev–Trinajstić information content (AvgIpc) is 3.29. The van der Waals surface area contributed by atoms with Crippen LogP contribution in [-0.2, 0) is 37.9 Å². The topological polar surface area (TPSA) is 115 Å². The molecule has 1 N–H and O–H groups in total. The monoisotopic (exact) mass is 504 g/mol. The molecule has 5 heterocycles. The molecular weight excluding hydrogens is 476 g/mol. The maximum atomic E-state index is 13.5. The number of oxime groups is 1. The molecule has 1 saturated heterocycles. The molecule has 1 fully saturated rings. The molecule has 0 aliphatic carbocycles. The Kier molecular flexibility index (Phi) is 6.02. The fourth-order valence-electron chi connectivity index (χ4n) is 5.34. The lowest BCUT2D eigenvalue weighted by Gasteiger charge is -2.31. The predicted octanol–water partition coefficient (Wildman–Crippen LogP) is 1.76. The SMILES string of the molecule is CC[C@@]1(O)C(=O)OCc2c1cc1n(c2=O)Cc2c-1nc1ccccc1c2/C=N/OCCN1CCOCC1. The number of para-hydroxylation sites is 1. The van der Waals surface area contributed by atoms with Crippen LogP contribution < -0.4 is 5.56 Å². The van der Waals surface area contributed by atoms with Crippen LogP contribution >= 0.6 is 0 Å². The molecule has 0 spiro atoms. The number of pyridine rings is 2. The average molecular weight is 505 g/mol.